The molecule has 0 aliphatic rings. The molecule has 1 aromatic carbocycles. The second kappa shape index (κ2) is 11.8. The van der Waals surface area contributed by atoms with E-state index in [1.54, 1.807) is 19.1 Å². The summed E-state index contributed by atoms with van der Waals surface area (Å²) in [4.78, 5) is 70.9. The summed E-state index contributed by atoms with van der Waals surface area (Å²) in [6.45, 7) is 6.02. The molecule has 0 saturated carbocycles. The van der Waals surface area contributed by atoms with E-state index < -0.39 is 53.3 Å². The summed E-state index contributed by atoms with van der Waals surface area (Å²) in [5, 5.41) is 19.2. The Balaban J connectivity index is 1.89. The Hall–Kier alpha value is -4.22. The van der Waals surface area contributed by atoms with Crippen LogP contribution < -0.4 is 26.9 Å². The van der Waals surface area contributed by atoms with Crippen LogP contribution in [0.2, 0.25) is 0 Å². The van der Waals surface area contributed by atoms with Crippen LogP contribution in [-0.4, -0.2) is 52.8 Å². The molecule has 0 radical (unpaired) electrons. The van der Waals surface area contributed by atoms with Crippen molar-refractivity contribution in [3.05, 3.63) is 40.2 Å². The summed E-state index contributed by atoms with van der Waals surface area (Å²) in [5.41, 5.74) is 0.903. The maximum Gasteiger partial charge on any atom is 0.336 e. The number of anilines is 1. The van der Waals surface area contributed by atoms with Crippen molar-refractivity contribution in [1.29, 1.82) is 0 Å². The number of nitrogens with one attached hydrogen (secondary N) is 4. The fourth-order valence-electron chi connectivity index (χ4n) is 3.06. The molecule has 5 N–H and O–H groups in total. The van der Waals surface area contributed by atoms with Gasteiger partial charge in [0.05, 0.1) is 6.42 Å². The topological polar surface area (TPSA) is 184 Å². The van der Waals surface area contributed by atoms with Crippen LogP contribution in [0.15, 0.2) is 33.5 Å². The molecule has 2 aromatic rings. The van der Waals surface area contributed by atoms with Crippen molar-refractivity contribution in [2.75, 3.05) is 5.32 Å². The van der Waals surface area contributed by atoms with E-state index in [4.69, 9.17) is 9.52 Å². The lowest BCUT2D eigenvalue weighted by atomic mass is 10.1. The van der Waals surface area contributed by atoms with Gasteiger partial charge in [0, 0.05) is 29.6 Å². The first-order valence-corrected chi connectivity index (χ1v) is 10.8. The highest BCUT2D eigenvalue weighted by Gasteiger charge is 2.24. The standard InChI is InChI=1S/C23H28N4O8/c1-11-9-20(31)35-17-10-15(5-6-16(11)17)27-23(34)14(4)26-22(33)13(3)25-21(32)12(2)24-18(28)7-8-19(29)30/h5-6,9-10,12-14H,7-8H2,1-4H3,(H,24,28)(H,25,32)(H,26,33)(H,27,34)(H,29,30)/t12-,13-,14-/m0/s1. The molecule has 0 unspecified atom stereocenters. The number of amides is 4. The first kappa shape index (κ1) is 27.0. The molecular weight excluding hydrogens is 460 g/mol. The lowest BCUT2D eigenvalue weighted by Crippen LogP contribution is -2.54. The Morgan fingerprint density at radius 1 is 0.857 bits per heavy atom. The first-order valence-electron chi connectivity index (χ1n) is 10.8. The number of carbonyl (C=O) groups is 5. The van der Waals surface area contributed by atoms with Crippen molar-refractivity contribution in [2.45, 2.75) is 58.7 Å². The zero-order chi connectivity index (χ0) is 26.3. The SMILES string of the molecule is Cc1cc(=O)oc2cc(NC(=O)[C@H](C)NC(=O)[C@H](C)NC(=O)[C@H](C)NC(=O)CCC(=O)O)ccc12. The molecule has 0 bridgehead atoms. The third kappa shape index (κ3) is 7.95. The lowest BCUT2D eigenvalue weighted by Gasteiger charge is -2.20. The summed E-state index contributed by atoms with van der Waals surface area (Å²) in [5.74, 6) is -3.57. The minimum Gasteiger partial charge on any atom is -0.481 e. The van der Waals surface area contributed by atoms with Crippen LogP contribution in [0.3, 0.4) is 0 Å². The maximum absolute atomic E-state index is 12.5. The highest BCUT2D eigenvalue weighted by molar-refractivity contribution is 5.99. The predicted molar refractivity (Wildman–Crippen MR) is 126 cm³/mol. The Kier molecular flexibility index (Phi) is 9.09. The van der Waals surface area contributed by atoms with Crippen LogP contribution in [0.25, 0.3) is 11.0 Å². The monoisotopic (exact) mass is 488 g/mol. The van der Waals surface area contributed by atoms with Gasteiger partial charge in [-0.1, -0.05) is 0 Å². The van der Waals surface area contributed by atoms with Crippen LogP contribution in [0.5, 0.6) is 0 Å². The fraction of sp³-hybridized carbons (Fsp3) is 0.391. The largest absolute Gasteiger partial charge is 0.481 e. The Labute approximate surface area is 200 Å². The zero-order valence-electron chi connectivity index (χ0n) is 19.8. The van der Waals surface area contributed by atoms with E-state index in [1.165, 1.54) is 32.9 Å². The number of rotatable bonds is 10. The van der Waals surface area contributed by atoms with E-state index in [0.29, 0.717) is 11.3 Å². The molecule has 188 valence electrons. The molecule has 1 heterocycles. The quantitative estimate of drug-likeness (QED) is 0.298. The van der Waals surface area contributed by atoms with E-state index in [0.717, 1.165) is 10.9 Å². The maximum atomic E-state index is 12.5. The van der Waals surface area contributed by atoms with Gasteiger partial charge in [-0.2, -0.15) is 0 Å². The zero-order valence-corrected chi connectivity index (χ0v) is 19.8. The van der Waals surface area contributed by atoms with Gasteiger partial charge in [-0.15, -0.1) is 0 Å². The van der Waals surface area contributed by atoms with Crippen LogP contribution >= 0.6 is 0 Å². The van der Waals surface area contributed by atoms with E-state index in [2.05, 4.69) is 21.3 Å². The molecule has 0 saturated heterocycles. The molecule has 0 fully saturated rings. The number of carbonyl (C=O) groups excluding carboxylic acids is 4. The predicted octanol–water partition coefficient (Wildman–Crippen LogP) is 0.419. The number of hydrogen-bond acceptors (Lipinski definition) is 7. The van der Waals surface area contributed by atoms with Gasteiger partial charge in [0.25, 0.3) is 0 Å². The summed E-state index contributed by atoms with van der Waals surface area (Å²) < 4.78 is 5.16. The summed E-state index contributed by atoms with van der Waals surface area (Å²) in [6, 6.07) is 3.23. The van der Waals surface area contributed by atoms with E-state index in [9.17, 15) is 28.8 Å². The number of carboxylic acids is 1. The van der Waals surface area contributed by atoms with Gasteiger partial charge in [0.2, 0.25) is 23.6 Å². The van der Waals surface area contributed by atoms with Gasteiger partial charge in [0.1, 0.15) is 23.7 Å². The van der Waals surface area contributed by atoms with E-state index in [1.807, 2.05) is 0 Å². The van der Waals surface area contributed by atoms with Crippen molar-refractivity contribution in [3.8, 4) is 0 Å². The van der Waals surface area contributed by atoms with Gasteiger partial charge in [0.15, 0.2) is 0 Å². The normalized spacial score (nSPS) is 13.3. The Morgan fingerprint density at radius 3 is 2.03 bits per heavy atom. The molecule has 2 rings (SSSR count). The van der Waals surface area contributed by atoms with Crippen molar-refractivity contribution in [3.63, 3.8) is 0 Å². The number of carboxylic acid groups (broad SMARTS) is 1. The molecule has 3 atom stereocenters. The number of fused-ring (bicyclic) bond motifs is 1. The smallest absolute Gasteiger partial charge is 0.336 e. The van der Waals surface area contributed by atoms with Crippen LogP contribution in [-0.2, 0) is 24.0 Å². The molecule has 12 nitrogen and oxygen atoms in total. The molecule has 0 spiro atoms. The number of benzene rings is 1. The molecule has 0 aliphatic heterocycles. The average Bonchev–Trinajstić information content (AvgIpc) is 2.76. The van der Waals surface area contributed by atoms with Gasteiger partial charge in [-0.05, 0) is 45.4 Å². The fourth-order valence-corrected chi connectivity index (χ4v) is 3.06. The molecule has 4 amide bonds. The molecule has 12 heteroatoms. The van der Waals surface area contributed by atoms with Crippen molar-refractivity contribution in [1.82, 2.24) is 16.0 Å². The Bertz CT molecular complexity index is 1210. The highest BCUT2D eigenvalue weighted by Crippen LogP contribution is 2.20. The molecular formula is C23H28N4O8. The third-order valence-electron chi connectivity index (χ3n) is 5.06. The van der Waals surface area contributed by atoms with Gasteiger partial charge in [-0.3, -0.25) is 24.0 Å². The van der Waals surface area contributed by atoms with Gasteiger partial charge < -0.3 is 30.8 Å². The highest BCUT2D eigenvalue weighted by atomic mass is 16.4. The van der Waals surface area contributed by atoms with Gasteiger partial charge >= 0.3 is 11.6 Å². The van der Waals surface area contributed by atoms with Crippen molar-refractivity contribution < 1.29 is 33.5 Å². The van der Waals surface area contributed by atoms with Crippen LogP contribution in [0.1, 0.15) is 39.2 Å². The van der Waals surface area contributed by atoms with Crippen molar-refractivity contribution in [2.24, 2.45) is 0 Å². The van der Waals surface area contributed by atoms with Crippen LogP contribution in [0, 0.1) is 6.92 Å². The van der Waals surface area contributed by atoms with E-state index in [-0.39, 0.29) is 12.8 Å². The summed E-state index contributed by atoms with van der Waals surface area (Å²) >= 11 is 0. The first-order chi connectivity index (χ1) is 16.4. The van der Waals surface area contributed by atoms with Crippen LogP contribution in [0.4, 0.5) is 5.69 Å². The van der Waals surface area contributed by atoms with E-state index >= 15 is 0 Å². The second-order valence-corrected chi connectivity index (χ2v) is 8.09. The number of hydrogen-bond donors (Lipinski definition) is 5. The minimum atomic E-state index is -1.14. The molecule has 0 aliphatic carbocycles. The minimum absolute atomic E-state index is 0.279. The number of aryl methyl sites for hydroxylation is 1. The lowest BCUT2D eigenvalue weighted by molar-refractivity contribution is -0.139. The third-order valence-corrected chi connectivity index (χ3v) is 5.06. The van der Waals surface area contributed by atoms with Crippen molar-refractivity contribution >= 4 is 46.3 Å². The molecule has 35 heavy (non-hydrogen) atoms. The average molecular weight is 488 g/mol. The number of aliphatic carboxylic acids is 1. The summed E-state index contributed by atoms with van der Waals surface area (Å²) in [7, 11) is 0. The Morgan fingerprint density at radius 2 is 1.43 bits per heavy atom. The van der Waals surface area contributed by atoms with Gasteiger partial charge in [-0.25, -0.2) is 4.79 Å². The molecule has 1 aromatic heterocycles. The second-order valence-electron chi connectivity index (χ2n) is 8.09. The summed E-state index contributed by atoms with van der Waals surface area (Å²) in [6.07, 6.45) is -0.648.